The molecule has 0 aliphatic heterocycles. The highest BCUT2D eigenvalue weighted by Crippen LogP contribution is 2.17. The van der Waals surface area contributed by atoms with Crippen LogP contribution in [-0.2, 0) is 19.1 Å². The van der Waals surface area contributed by atoms with Crippen molar-refractivity contribution < 1.29 is 19.1 Å². The predicted octanol–water partition coefficient (Wildman–Crippen LogP) is 1.34. The standard InChI is InChI=1S/C12H23BO4/c1-11(2,3)16-9(14)8(7-13)10(15)17-12(4,5)6/h8H,7,13H2,1-6H3. The van der Waals surface area contributed by atoms with Gasteiger partial charge in [0, 0.05) is 0 Å². The van der Waals surface area contributed by atoms with Gasteiger partial charge in [-0.2, -0.15) is 0 Å². The van der Waals surface area contributed by atoms with E-state index >= 15 is 0 Å². The maximum absolute atomic E-state index is 11.8. The molecule has 0 aliphatic carbocycles. The fraction of sp³-hybridized carbons (Fsp3) is 0.833. The van der Waals surface area contributed by atoms with E-state index in [9.17, 15) is 9.59 Å². The maximum atomic E-state index is 11.8. The van der Waals surface area contributed by atoms with E-state index in [1.165, 1.54) is 0 Å². The SMILES string of the molecule is BCC(C(=O)OC(C)(C)C)C(=O)OC(C)(C)C. The van der Waals surface area contributed by atoms with Gasteiger partial charge in [0.1, 0.15) is 25.0 Å². The number of carbonyl (C=O) groups excluding carboxylic acids is 2. The molecule has 0 aromatic carbocycles. The Bertz CT molecular complexity index is 258. The van der Waals surface area contributed by atoms with Gasteiger partial charge in [-0.05, 0) is 41.5 Å². The van der Waals surface area contributed by atoms with Crippen LogP contribution in [0.1, 0.15) is 41.5 Å². The largest absolute Gasteiger partial charge is 0.459 e. The molecule has 0 radical (unpaired) electrons. The Balaban J connectivity index is 4.62. The lowest BCUT2D eigenvalue weighted by molar-refractivity contribution is -0.173. The molecule has 0 rings (SSSR count). The molecule has 0 fully saturated rings. The lowest BCUT2D eigenvalue weighted by Crippen LogP contribution is -2.36. The molecular formula is C12H23BO4. The molecule has 0 aromatic heterocycles. The van der Waals surface area contributed by atoms with Crippen molar-refractivity contribution >= 4 is 19.8 Å². The first-order chi connectivity index (χ1) is 7.46. The van der Waals surface area contributed by atoms with Gasteiger partial charge in [-0.3, -0.25) is 9.59 Å². The van der Waals surface area contributed by atoms with E-state index in [4.69, 9.17) is 9.47 Å². The van der Waals surface area contributed by atoms with E-state index in [1.807, 2.05) is 0 Å². The summed E-state index contributed by atoms with van der Waals surface area (Å²) in [5, 5.41) is 0. The van der Waals surface area contributed by atoms with Crippen molar-refractivity contribution in [2.45, 2.75) is 59.1 Å². The van der Waals surface area contributed by atoms with E-state index in [0.717, 1.165) is 0 Å². The number of hydrogen-bond acceptors (Lipinski definition) is 4. The summed E-state index contributed by atoms with van der Waals surface area (Å²) >= 11 is 0. The van der Waals surface area contributed by atoms with Crippen LogP contribution < -0.4 is 0 Å². The van der Waals surface area contributed by atoms with Gasteiger partial charge in [0.25, 0.3) is 0 Å². The fourth-order valence-corrected chi connectivity index (χ4v) is 1.18. The summed E-state index contributed by atoms with van der Waals surface area (Å²) in [4.78, 5) is 23.6. The molecule has 5 heteroatoms. The summed E-state index contributed by atoms with van der Waals surface area (Å²) in [5.41, 5.74) is -1.18. The highest BCUT2D eigenvalue weighted by molar-refractivity contribution is 6.13. The monoisotopic (exact) mass is 242 g/mol. The van der Waals surface area contributed by atoms with Crippen molar-refractivity contribution in [1.82, 2.24) is 0 Å². The number of esters is 2. The molecule has 0 saturated heterocycles. The van der Waals surface area contributed by atoms with E-state index < -0.39 is 29.1 Å². The first kappa shape index (κ1) is 16.0. The zero-order valence-corrected chi connectivity index (χ0v) is 11.9. The molecule has 0 saturated carbocycles. The molecule has 0 unspecified atom stereocenters. The molecular weight excluding hydrogens is 219 g/mol. The highest BCUT2D eigenvalue weighted by atomic mass is 16.6. The minimum absolute atomic E-state index is 0.379. The average Bonchev–Trinajstić information content (AvgIpc) is 1.96. The summed E-state index contributed by atoms with van der Waals surface area (Å²) in [6.07, 6.45) is 0.379. The van der Waals surface area contributed by atoms with Crippen LogP contribution >= 0.6 is 0 Å². The molecule has 4 nitrogen and oxygen atoms in total. The molecule has 0 bridgehead atoms. The summed E-state index contributed by atoms with van der Waals surface area (Å²) in [5.74, 6) is -1.88. The van der Waals surface area contributed by atoms with Crippen molar-refractivity contribution in [3.05, 3.63) is 0 Å². The zero-order chi connectivity index (χ0) is 13.9. The Morgan fingerprint density at radius 2 is 1.24 bits per heavy atom. The molecule has 0 amide bonds. The van der Waals surface area contributed by atoms with Gasteiger partial charge in [0.15, 0.2) is 0 Å². The van der Waals surface area contributed by atoms with Gasteiger partial charge in [0.2, 0.25) is 0 Å². The fourth-order valence-electron chi connectivity index (χ4n) is 1.18. The van der Waals surface area contributed by atoms with E-state index in [2.05, 4.69) is 0 Å². The summed E-state index contributed by atoms with van der Waals surface area (Å²) in [6.45, 7) is 10.6. The summed E-state index contributed by atoms with van der Waals surface area (Å²) in [6, 6.07) is 0. The van der Waals surface area contributed by atoms with Gasteiger partial charge in [-0.1, -0.05) is 6.32 Å². The van der Waals surface area contributed by atoms with Crippen LogP contribution in [0.5, 0.6) is 0 Å². The molecule has 98 valence electrons. The number of ether oxygens (including phenoxy) is 2. The van der Waals surface area contributed by atoms with E-state index in [-0.39, 0.29) is 0 Å². The van der Waals surface area contributed by atoms with Crippen LogP contribution in [0, 0.1) is 5.92 Å². The third kappa shape index (κ3) is 7.03. The van der Waals surface area contributed by atoms with Gasteiger partial charge >= 0.3 is 11.9 Å². The summed E-state index contributed by atoms with van der Waals surface area (Å²) in [7, 11) is 1.76. The van der Waals surface area contributed by atoms with Crippen molar-refractivity contribution in [3.63, 3.8) is 0 Å². The Kier molecular flexibility index (Phi) is 5.24. The number of carbonyl (C=O) groups is 2. The maximum Gasteiger partial charge on any atom is 0.320 e. The van der Waals surface area contributed by atoms with Crippen LogP contribution in [0.15, 0.2) is 0 Å². The molecule has 0 aromatic rings. The van der Waals surface area contributed by atoms with Crippen LogP contribution in [0.25, 0.3) is 0 Å². The topological polar surface area (TPSA) is 52.6 Å². The molecule has 0 spiro atoms. The van der Waals surface area contributed by atoms with Crippen molar-refractivity contribution in [3.8, 4) is 0 Å². The Labute approximate surface area is 104 Å². The average molecular weight is 242 g/mol. The van der Waals surface area contributed by atoms with Gasteiger partial charge in [0.05, 0.1) is 0 Å². The molecule has 0 atom stereocenters. The Morgan fingerprint density at radius 3 is 1.41 bits per heavy atom. The van der Waals surface area contributed by atoms with E-state index in [1.54, 1.807) is 49.4 Å². The molecule has 17 heavy (non-hydrogen) atoms. The van der Waals surface area contributed by atoms with Crippen molar-refractivity contribution in [2.24, 2.45) is 5.92 Å². The zero-order valence-electron chi connectivity index (χ0n) is 11.9. The first-order valence-electron chi connectivity index (χ1n) is 5.92. The third-order valence-corrected chi connectivity index (χ3v) is 1.79. The van der Waals surface area contributed by atoms with E-state index in [0.29, 0.717) is 6.32 Å². The number of rotatable bonds is 3. The quantitative estimate of drug-likeness (QED) is 0.425. The van der Waals surface area contributed by atoms with Crippen molar-refractivity contribution in [2.75, 3.05) is 0 Å². The molecule has 0 N–H and O–H groups in total. The van der Waals surface area contributed by atoms with Crippen LogP contribution in [0.4, 0.5) is 0 Å². The summed E-state index contributed by atoms with van der Waals surface area (Å²) < 4.78 is 10.4. The Morgan fingerprint density at radius 1 is 0.941 bits per heavy atom. The Hall–Kier alpha value is -0.995. The van der Waals surface area contributed by atoms with Crippen LogP contribution in [0.3, 0.4) is 0 Å². The second-order valence-electron chi connectivity index (χ2n) is 6.03. The van der Waals surface area contributed by atoms with Crippen molar-refractivity contribution in [1.29, 1.82) is 0 Å². The normalized spacial score (nSPS) is 12.4. The first-order valence-corrected chi connectivity index (χ1v) is 5.92. The smallest absolute Gasteiger partial charge is 0.320 e. The van der Waals surface area contributed by atoms with Gasteiger partial charge in [-0.15, -0.1) is 0 Å². The number of hydrogen-bond donors (Lipinski definition) is 0. The molecule has 0 aliphatic rings. The third-order valence-electron chi connectivity index (χ3n) is 1.79. The van der Waals surface area contributed by atoms with Crippen LogP contribution in [-0.4, -0.2) is 31.0 Å². The lowest BCUT2D eigenvalue weighted by atomic mass is 9.91. The highest BCUT2D eigenvalue weighted by Gasteiger charge is 2.33. The second-order valence-corrected chi connectivity index (χ2v) is 6.03. The second kappa shape index (κ2) is 5.56. The lowest BCUT2D eigenvalue weighted by Gasteiger charge is -2.25. The van der Waals surface area contributed by atoms with Gasteiger partial charge in [-0.25, -0.2) is 0 Å². The van der Waals surface area contributed by atoms with Crippen LogP contribution in [0.2, 0.25) is 6.32 Å². The minimum Gasteiger partial charge on any atom is -0.459 e. The minimum atomic E-state index is -0.839. The van der Waals surface area contributed by atoms with Gasteiger partial charge < -0.3 is 9.47 Å². The molecule has 0 heterocycles. The predicted molar refractivity (Wildman–Crippen MR) is 68.5 cm³/mol.